The Bertz CT molecular complexity index is 962. The summed E-state index contributed by atoms with van der Waals surface area (Å²) in [5.74, 6) is -0.0698. The highest BCUT2D eigenvalue weighted by Crippen LogP contribution is 2.27. The van der Waals surface area contributed by atoms with Gasteiger partial charge in [-0.05, 0) is 42.3 Å². The number of piperazine rings is 1. The SMILES string of the molecule is Cc1ccccc1[C@H](CC(=O)N1CCN(c2ccccc2F)CC1)n1cccc1. The summed E-state index contributed by atoms with van der Waals surface area (Å²) in [5, 5.41) is 0. The lowest BCUT2D eigenvalue weighted by atomic mass is 9.98. The fraction of sp³-hybridized carbons (Fsp3) is 0.292. The molecule has 2 aromatic carbocycles. The summed E-state index contributed by atoms with van der Waals surface area (Å²) in [6.07, 6.45) is 4.44. The molecule has 4 nitrogen and oxygen atoms in total. The zero-order valence-corrected chi connectivity index (χ0v) is 16.7. The van der Waals surface area contributed by atoms with Gasteiger partial charge in [-0.25, -0.2) is 4.39 Å². The van der Waals surface area contributed by atoms with Crippen molar-refractivity contribution in [3.63, 3.8) is 0 Å². The molecule has 3 aromatic rings. The Kier molecular flexibility index (Phi) is 5.65. The van der Waals surface area contributed by atoms with Crippen LogP contribution in [0.15, 0.2) is 73.1 Å². The summed E-state index contributed by atoms with van der Waals surface area (Å²) >= 11 is 0. The summed E-state index contributed by atoms with van der Waals surface area (Å²) in [4.78, 5) is 17.0. The van der Waals surface area contributed by atoms with Crippen molar-refractivity contribution < 1.29 is 9.18 Å². The Morgan fingerprint density at radius 2 is 1.59 bits per heavy atom. The van der Waals surface area contributed by atoms with E-state index in [0.717, 1.165) is 0 Å². The first-order chi connectivity index (χ1) is 14.1. The smallest absolute Gasteiger partial charge is 0.225 e. The monoisotopic (exact) mass is 391 g/mol. The van der Waals surface area contributed by atoms with Crippen molar-refractivity contribution >= 4 is 11.6 Å². The third-order valence-electron chi connectivity index (χ3n) is 5.73. The Hall–Kier alpha value is -3.08. The molecule has 1 fully saturated rings. The van der Waals surface area contributed by atoms with Gasteiger partial charge in [0.15, 0.2) is 0 Å². The molecule has 0 saturated carbocycles. The first kappa shape index (κ1) is 19.2. The molecule has 1 atom stereocenters. The average molecular weight is 391 g/mol. The lowest BCUT2D eigenvalue weighted by molar-refractivity contribution is -0.132. The van der Waals surface area contributed by atoms with E-state index in [9.17, 15) is 9.18 Å². The van der Waals surface area contributed by atoms with Gasteiger partial charge in [-0.2, -0.15) is 0 Å². The van der Waals surface area contributed by atoms with Crippen molar-refractivity contribution in [3.8, 4) is 0 Å². The van der Waals surface area contributed by atoms with E-state index < -0.39 is 0 Å². The number of aryl methyl sites for hydroxylation is 1. The standard InChI is InChI=1S/C24H26FN3O/c1-19-8-2-3-9-20(19)23(26-12-6-7-13-26)18-24(29)28-16-14-27(15-17-28)22-11-5-4-10-21(22)25/h2-13,23H,14-18H2,1H3/t23-/m0/s1. The lowest BCUT2D eigenvalue weighted by Gasteiger charge is -2.37. The molecule has 4 rings (SSSR count). The summed E-state index contributed by atoms with van der Waals surface area (Å²) in [5.41, 5.74) is 2.97. The molecule has 0 spiro atoms. The van der Waals surface area contributed by atoms with Crippen molar-refractivity contribution in [3.05, 3.63) is 90.0 Å². The molecule has 0 N–H and O–H groups in total. The molecule has 150 valence electrons. The molecule has 1 aromatic heterocycles. The molecule has 1 amide bonds. The van der Waals surface area contributed by atoms with E-state index in [1.165, 1.54) is 17.2 Å². The highest BCUT2D eigenvalue weighted by atomic mass is 19.1. The van der Waals surface area contributed by atoms with E-state index in [1.807, 2.05) is 52.5 Å². The topological polar surface area (TPSA) is 28.5 Å². The number of hydrogen-bond donors (Lipinski definition) is 0. The number of carbonyl (C=O) groups excluding carboxylic acids is 1. The number of halogens is 1. The van der Waals surface area contributed by atoms with Gasteiger partial charge in [-0.3, -0.25) is 4.79 Å². The number of benzene rings is 2. The van der Waals surface area contributed by atoms with E-state index in [-0.39, 0.29) is 17.8 Å². The molecular formula is C24H26FN3O. The number of nitrogens with zero attached hydrogens (tertiary/aromatic N) is 3. The van der Waals surface area contributed by atoms with Gasteiger partial charge >= 0.3 is 0 Å². The third-order valence-corrected chi connectivity index (χ3v) is 5.73. The second kappa shape index (κ2) is 8.52. The highest BCUT2D eigenvalue weighted by molar-refractivity contribution is 5.77. The van der Waals surface area contributed by atoms with Crippen molar-refractivity contribution in [2.24, 2.45) is 0 Å². The van der Waals surface area contributed by atoms with Crippen molar-refractivity contribution in [1.82, 2.24) is 9.47 Å². The molecule has 2 heterocycles. The van der Waals surface area contributed by atoms with Crippen molar-refractivity contribution in [2.75, 3.05) is 31.1 Å². The quantitative estimate of drug-likeness (QED) is 0.650. The van der Waals surface area contributed by atoms with E-state index in [2.05, 4.69) is 23.6 Å². The maximum Gasteiger partial charge on any atom is 0.225 e. The molecule has 29 heavy (non-hydrogen) atoms. The maximum absolute atomic E-state index is 14.1. The Morgan fingerprint density at radius 1 is 0.931 bits per heavy atom. The van der Waals surface area contributed by atoms with Gasteiger partial charge in [0.05, 0.1) is 18.2 Å². The number of amides is 1. The van der Waals surface area contributed by atoms with Gasteiger partial charge in [0, 0.05) is 38.6 Å². The predicted molar refractivity (Wildman–Crippen MR) is 114 cm³/mol. The van der Waals surface area contributed by atoms with Crippen LogP contribution in [0.3, 0.4) is 0 Å². The molecule has 1 aliphatic rings. The number of anilines is 1. The first-order valence-corrected chi connectivity index (χ1v) is 10.1. The van der Waals surface area contributed by atoms with Crippen LogP contribution < -0.4 is 4.90 Å². The lowest BCUT2D eigenvalue weighted by Crippen LogP contribution is -2.49. The van der Waals surface area contributed by atoms with Crippen LogP contribution in [0, 0.1) is 12.7 Å². The second-order valence-electron chi connectivity index (χ2n) is 7.53. The minimum absolute atomic E-state index is 0.0247. The zero-order valence-electron chi connectivity index (χ0n) is 16.7. The largest absolute Gasteiger partial charge is 0.366 e. The Balaban J connectivity index is 1.45. The van der Waals surface area contributed by atoms with Gasteiger partial charge in [0.2, 0.25) is 5.91 Å². The Morgan fingerprint density at radius 3 is 2.28 bits per heavy atom. The van der Waals surface area contributed by atoms with Gasteiger partial charge in [0.25, 0.3) is 0 Å². The van der Waals surface area contributed by atoms with Crippen LogP contribution in [0.25, 0.3) is 0 Å². The van der Waals surface area contributed by atoms with Crippen molar-refractivity contribution in [2.45, 2.75) is 19.4 Å². The maximum atomic E-state index is 14.1. The first-order valence-electron chi connectivity index (χ1n) is 10.1. The molecule has 5 heteroatoms. The number of carbonyl (C=O) groups is 1. The van der Waals surface area contributed by atoms with Crippen LogP contribution in [-0.4, -0.2) is 41.6 Å². The highest BCUT2D eigenvalue weighted by Gasteiger charge is 2.26. The average Bonchev–Trinajstić information content (AvgIpc) is 3.28. The van der Waals surface area contributed by atoms with Gasteiger partial charge in [-0.1, -0.05) is 36.4 Å². The molecule has 1 aliphatic heterocycles. The molecule has 0 radical (unpaired) electrons. The molecule has 0 unspecified atom stereocenters. The van der Waals surface area contributed by atoms with Crippen LogP contribution in [0.1, 0.15) is 23.6 Å². The van der Waals surface area contributed by atoms with Gasteiger partial charge in [-0.15, -0.1) is 0 Å². The second-order valence-corrected chi connectivity index (χ2v) is 7.53. The van der Waals surface area contributed by atoms with Crippen LogP contribution >= 0.6 is 0 Å². The summed E-state index contributed by atoms with van der Waals surface area (Å²) < 4.78 is 16.2. The van der Waals surface area contributed by atoms with E-state index >= 15 is 0 Å². The predicted octanol–water partition coefficient (Wildman–Crippen LogP) is 4.26. The van der Waals surface area contributed by atoms with E-state index in [0.29, 0.717) is 38.3 Å². The van der Waals surface area contributed by atoms with Crippen LogP contribution in [0.4, 0.5) is 10.1 Å². The van der Waals surface area contributed by atoms with Gasteiger partial charge < -0.3 is 14.4 Å². The number of para-hydroxylation sites is 1. The Labute approximate surface area is 171 Å². The van der Waals surface area contributed by atoms with Crippen LogP contribution in [0.2, 0.25) is 0 Å². The fourth-order valence-electron chi connectivity index (χ4n) is 4.09. The number of aromatic nitrogens is 1. The zero-order chi connectivity index (χ0) is 20.2. The summed E-state index contributed by atoms with van der Waals surface area (Å²) in [6, 6.07) is 19.0. The third kappa shape index (κ3) is 4.19. The van der Waals surface area contributed by atoms with Gasteiger partial charge in [0.1, 0.15) is 5.82 Å². The molecule has 1 saturated heterocycles. The number of hydrogen-bond acceptors (Lipinski definition) is 2. The minimum atomic E-state index is -0.209. The van der Waals surface area contributed by atoms with Crippen LogP contribution in [-0.2, 0) is 4.79 Å². The summed E-state index contributed by atoms with van der Waals surface area (Å²) in [7, 11) is 0. The minimum Gasteiger partial charge on any atom is -0.366 e. The normalized spacial score (nSPS) is 15.4. The van der Waals surface area contributed by atoms with E-state index in [1.54, 1.807) is 12.1 Å². The van der Waals surface area contributed by atoms with Crippen LogP contribution in [0.5, 0.6) is 0 Å². The molecular weight excluding hydrogens is 365 g/mol. The summed E-state index contributed by atoms with van der Waals surface area (Å²) in [6.45, 7) is 4.60. The van der Waals surface area contributed by atoms with E-state index in [4.69, 9.17) is 0 Å². The molecule has 0 bridgehead atoms. The van der Waals surface area contributed by atoms with Crippen molar-refractivity contribution in [1.29, 1.82) is 0 Å². The number of rotatable bonds is 5. The fourth-order valence-corrected chi connectivity index (χ4v) is 4.09. The molecule has 0 aliphatic carbocycles.